The van der Waals surface area contributed by atoms with E-state index >= 15 is 0 Å². The normalized spacial score (nSPS) is 17.7. The van der Waals surface area contributed by atoms with Gasteiger partial charge in [0.2, 0.25) is 5.91 Å². The first-order chi connectivity index (χ1) is 18.9. The number of carbonyl (C=O) groups excluding carboxylic acids is 3. The van der Waals surface area contributed by atoms with E-state index in [0.717, 1.165) is 11.1 Å². The van der Waals surface area contributed by atoms with Gasteiger partial charge in [0.15, 0.2) is 0 Å². The molecule has 2 aliphatic rings. The van der Waals surface area contributed by atoms with Crippen molar-refractivity contribution in [3.05, 3.63) is 117 Å². The number of amides is 4. The van der Waals surface area contributed by atoms with Crippen molar-refractivity contribution in [2.24, 2.45) is 0 Å². The van der Waals surface area contributed by atoms with Crippen molar-refractivity contribution in [3.63, 3.8) is 0 Å². The van der Waals surface area contributed by atoms with Crippen molar-refractivity contribution in [3.8, 4) is 0 Å². The average molecular weight is 563 g/mol. The van der Waals surface area contributed by atoms with E-state index in [-0.39, 0.29) is 37.0 Å². The zero-order valence-corrected chi connectivity index (χ0v) is 22.9. The molecule has 0 radical (unpaired) electrons. The van der Waals surface area contributed by atoms with E-state index in [9.17, 15) is 14.4 Å². The largest absolute Gasteiger partial charge is 0.347 e. The summed E-state index contributed by atoms with van der Waals surface area (Å²) in [5.41, 5.74) is 3.64. The molecule has 2 heterocycles. The predicted molar refractivity (Wildman–Crippen MR) is 151 cm³/mol. The summed E-state index contributed by atoms with van der Waals surface area (Å²) in [6.07, 6.45) is 0.610. The Labute approximate surface area is 237 Å². The van der Waals surface area contributed by atoms with Gasteiger partial charge in [-0.2, -0.15) is 0 Å². The monoisotopic (exact) mass is 562 g/mol. The number of urea groups is 1. The van der Waals surface area contributed by atoms with E-state index in [1.165, 1.54) is 9.80 Å². The average Bonchev–Trinajstić information content (AvgIpc) is 3.24. The number of rotatable bonds is 8. The zero-order chi connectivity index (χ0) is 27.5. The molecule has 2 atom stereocenters. The van der Waals surface area contributed by atoms with Gasteiger partial charge >= 0.3 is 6.03 Å². The lowest BCUT2D eigenvalue weighted by Crippen LogP contribution is -2.47. The first kappa shape index (κ1) is 26.8. The highest BCUT2D eigenvalue weighted by Crippen LogP contribution is 2.39. The molecular formula is C30H28Cl2N4O3. The number of carbonyl (C=O) groups is 3. The summed E-state index contributed by atoms with van der Waals surface area (Å²) in [6.45, 7) is 2.23. The van der Waals surface area contributed by atoms with Crippen LogP contribution in [0.4, 0.5) is 4.79 Å². The maximum atomic E-state index is 13.7. The Bertz CT molecular complexity index is 1430. The van der Waals surface area contributed by atoms with Crippen LogP contribution in [0.2, 0.25) is 10.0 Å². The van der Waals surface area contributed by atoms with Crippen LogP contribution in [0.3, 0.4) is 0 Å². The topological polar surface area (TPSA) is 81.8 Å². The molecular weight excluding hydrogens is 535 g/mol. The first-order valence-electron chi connectivity index (χ1n) is 12.8. The Kier molecular flexibility index (Phi) is 7.91. The van der Waals surface area contributed by atoms with Crippen LogP contribution in [0.25, 0.3) is 0 Å². The summed E-state index contributed by atoms with van der Waals surface area (Å²) in [6, 6.07) is 23.3. The summed E-state index contributed by atoms with van der Waals surface area (Å²) in [4.78, 5) is 43.0. The fourth-order valence-electron chi connectivity index (χ4n) is 5.18. The number of likely N-dealkylation sites (N-methyl/N-ethyl adjacent to an activating group) is 1. The van der Waals surface area contributed by atoms with Crippen molar-refractivity contribution in [2.75, 3.05) is 19.6 Å². The molecule has 0 saturated heterocycles. The van der Waals surface area contributed by atoms with E-state index in [1.54, 1.807) is 18.2 Å². The fraction of sp³-hybridized carbons (Fsp3) is 0.233. The molecule has 7 nitrogen and oxygen atoms in total. The van der Waals surface area contributed by atoms with Crippen molar-refractivity contribution in [2.45, 2.75) is 25.4 Å². The highest BCUT2D eigenvalue weighted by Gasteiger charge is 2.44. The lowest BCUT2D eigenvalue weighted by atomic mass is 9.95. The van der Waals surface area contributed by atoms with E-state index in [4.69, 9.17) is 23.2 Å². The van der Waals surface area contributed by atoms with Gasteiger partial charge in [-0.05, 0) is 42.2 Å². The summed E-state index contributed by atoms with van der Waals surface area (Å²) in [5.74, 6) is -0.592. The van der Waals surface area contributed by atoms with Crippen LogP contribution in [0.1, 0.15) is 35.7 Å². The maximum Gasteiger partial charge on any atom is 0.322 e. The molecule has 0 unspecified atom stereocenters. The van der Waals surface area contributed by atoms with Gasteiger partial charge in [-0.15, -0.1) is 0 Å². The van der Waals surface area contributed by atoms with Gasteiger partial charge in [-0.3, -0.25) is 14.5 Å². The van der Waals surface area contributed by atoms with E-state index in [0.29, 0.717) is 39.8 Å². The molecule has 4 amide bonds. The van der Waals surface area contributed by atoms with Crippen LogP contribution >= 0.6 is 23.2 Å². The van der Waals surface area contributed by atoms with Gasteiger partial charge in [-0.25, -0.2) is 4.79 Å². The first-order valence-corrected chi connectivity index (χ1v) is 13.5. The maximum absolute atomic E-state index is 13.7. The molecule has 2 aliphatic heterocycles. The minimum atomic E-state index is -0.740. The SMILES string of the molecule is CCN1C(=O)N[C@@H](c2ccc(Cl)cc2Cl)C2=C1CN(CC(=O)N[C@@H](Cc1ccccc1)c1ccccc1)C2=O. The van der Waals surface area contributed by atoms with Gasteiger partial charge in [0, 0.05) is 16.6 Å². The van der Waals surface area contributed by atoms with E-state index < -0.39 is 6.04 Å². The Morgan fingerprint density at radius 3 is 2.38 bits per heavy atom. The van der Waals surface area contributed by atoms with Gasteiger partial charge in [-0.1, -0.05) is 89.9 Å². The number of nitrogens with one attached hydrogen (secondary N) is 2. The fourth-order valence-corrected chi connectivity index (χ4v) is 5.70. The molecule has 0 spiro atoms. The quantitative estimate of drug-likeness (QED) is 0.392. The van der Waals surface area contributed by atoms with Crippen LogP contribution in [0, 0.1) is 0 Å². The van der Waals surface area contributed by atoms with E-state index in [1.807, 2.05) is 67.6 Å². The summed E-state index contributed by atoms with van der Waals surface area (Å²) in [7, 11) is 0. The lowest BCUT2D eigenvalue weighted by Gasteiger charge is -2.33. The smallest absolute Gasteiger partial charge is 0.322 e. The van der Waals surface area contributed by atoms with Gasteiger partial charge in [0.1, 0.15) is 6.54 Å². The molecule has 5 rings (SSSR count). The lowest BCUT2D eigenvalue weighted by molar-refractivity contribution is -0.132. The van der Waals surface area contributed by atoms with Crippen molar-refractivity contribution in [1.82, 2.24) is 20.4 Å². The third-order valence-corrected chi connectivity index (χ3v) is 7.60. The van der Waals surface area contributed by atoms with Gasteiger partial charge < -0.3 is 15.5 Å². The second-order valence-corrected chi connectivity index (χ2v) is 10.4. The zero-order valence-electron chi connectivity index (χ0n) is 21.4. The molecule has 200 valence electrons. The molecule has 0 fully saturated rings. The minimum Gasteiger partial charge on any atom is -0.347 e. The van der Waals surface area contributed by atoms with Crippen molar-refractivity contribution < 1.29 is 14.4 Å². The number of benzene rings is 3. The molecule has 0 bridgehead atoms. The van der Waals surface area contributed by atoms with Crippen molar-refractivity contribution in [1.29, 1.82) is 0 Å². The number of hydrogen-bond donors (Lipinski definition) is 2. The molecule has 0 aromatic heterocycles. The van der Waals surface area contributed by atoms with Crippen LogP contribution in [-0.2, 0) is 16.0 Å². The molecule has 0 aliphatic carbocycles. The number of hydrogen-bond acceptors (Lipinski definition) is 3. The van der Waals surface area contributed by atoms with Crippen LogP contribution in [0.5, 0.6) is 0 Å². The third kappa shape index (κ3) is 5.65. The summed E-state index contributed by atoms with van der Waals surface area (Å²) < 4.78 is 0. The summed E-state index contributed by atoms with van der Waals surface area (Å²) in [5, 5.41) is 6.82. The Morgan fingerprint density at radius 2 is 1.72 bits per heavy atom. The highest BCUT2D eigenvalue weighted by molar-refractivity contribution is 6.35. The molecule has 39 heavy (non-hydrogen) atoms. The molecule has 3 aromatic carbocycles. The third-order valence-electron chi connectivity index (χ3n) is 7.04. The van der Waals surface area contributed by atoms with Crippen LogP contribution < -0.4 is 10.6 Å². The molecule has 0 saturated carbocycles. The second-order valence-electron chi connectivity index (χ2n) is 9.53. The standard InChI is InChI=1S/C30H28Cl2N4O3/c1-2-36-25-17-35(29(38)27(25)28(34-30(36)39)22-14-13-21(31)16-23(22)32)18-26(37)33-24(20-11-7-4-8-12-20)15-19-9-5-3-6-10-19/h3-14,16,24,28H,2,15,17-18H2,1H3,(H,33,37)(H,34,39)/t24-,28-/m0/s1. The van der Waals surface area contributed by atoms with E-state index in [2.05, 4.69) is 10.6 Å². The summed E-state index contributed by atoms with van der Waals surface area (Å²) >= 11 is 12.5. The predicted octanol–water partition coefficient (Wildman–Crippen LogP) is 5.28. The number of halogens is 2. The molecule has 3 aromatic rings. The van der Waals surface area contributed by atoms with Crippen molar-refractivity contribution >= 4 is 41.0 Å². The molecule has 2 N–H and O–H groups in total. The second kappa shape index (κ2) is 11.5. The van der Waals surface area contributed by atoms with Gasteiger partial charge in [0.05, 0.1) is 29.9 Å². The van der Waals surface area contributed by atoms with Crippen LogP contribution in [0.15, 0.2) is 90.1 Å². The Balaban J connectivity index is 1.37. The highest BCUT2D eigenvalue weighted by atomic mass is 35.5. The Hall–Kier alpha value is -3.81. The Morgan fingerprint density at radius 1 is 1.03 bits per heavy atom. The minimum absolute atomic E-state index is 0.142. The van der Waals surface area contributed by atoms with Crippen LogP contribution in [-0.4, -0.2) is 47.3 Å². The van der Waals surface area contributed by atoms with Gasteiger partial charge in [0.25, 0.3) is 5.91 Å². The number of nitrogens with zero attached hydrogens (tertiary/aromatic N) is 2. The molecule has 9 heteroatoms.